The number of rotatable bonds is 5. The molecule has 1 saturated carbocycles. The van der Waals surface area contributed by atoms with E-state index in [2.05, 4.69) is 10.6 Å². The molecule has 2 aromatic carbocycles. The van der Waals surface area contributed by atoms with Gasteiger partial charge in [-0.1, -0.05) is 36.4 Å². The molecule has 0 unspecified atom stereocenters. The number of thiocarbonyl (C=S) groups is 1. The molecule has 1 heterocycles. The summed E-state index contributed by atoms with van der Waals surface area (Å²) in [5.74, 6) is -0.720. The maximum absolute atomic E-state index is 13.0. The average molecular weight is 416 g/mol. The van der Waals surface area contributed by atoms with Crippen LogP contribution < -0.4 is 15.5 Å². The second kappa shape index (κ2) is 8.23. The highest BCUT2D eigenvalue weighted by atomic mass is 32.1. The van der Waals surface area contributed by atoms with E-state index in [1.165, 1.54) is 0 Å². The standard InChI is InChI=1S/C21H25N3O4S/c1-28-10-9-22-20(27)14-11-16(25)19(26)17-18(14)24(21(29)23-17)15-8-4-6-12-5-2-3-7-13(12)15/h2-8,14,16-19,25-26H,9-11H2,1H3,(H,22,27)(H,23,29)/t14-,16+,17-,18+,19-/m0/s1. The summed E-state index contributed by atoms with van der Waals surface area (Å²) >= 11 is 5.61. The van der Waals surface area contributed by atoms with Crippen LogP contribution in [0.1, 0.15) is 6.42 Å². The SMILES string of the molecule is COCCNC(=O)[C@H]1C[C@@H](O)[C@H](O)[C@H]2NC(=S)N(c3cccc4ccccc34)[C@@H]21. The lowest BCUT2D eigenvalue weighted by molar-refractivity contribution is -0.131. The van der Waals surface area contributed by atoms with Crippen LogP contribution in [-0.2, 0) is 9.53 Å². The third kappa shape index (κ3) is 3.57. The number of benzene rings is 2. The molecule has 0 radical (unpaired) electrons. The Kier molecular flexibility index (Phi) is 5.69. The molecule has 7 nitrogen and oxygen atoms in total. The van der Waals surface area contributed by atoms with Gasteiger partial charge in [0.2, 0.25) is 5.91 Å². The molecule has 0 aromatic heterocycles. The van der Waals surface area contributed by atoms with Gasteiger partial charge in [-0.05, 0) is 30.1 Å². The van der Waals surface area contributed by atoms with Crippen LogP contribution in [-0.4, -0.2) is 65.8 Å². The quantitative estimate of drug-likeness (QED) is 0.423. The second-order valence-corrected chi connectivity index (χ2v) is 7.90. The highest BCUT2D eigenvalue weighted by molar-refractivity contribution is 7.80. The third-order valence-electron chi connectivity index (χ3n) is 5.81. The van der Waals surface area contributed by atoms with Gasteiger partial charge >= 0.3 is 0 Å². The number of aliphatic hydroxyl groups excluding tert-OH is 2. The topological polar surface area (TPSA) is 94.1 Å². The highest BCUT2D eigenvalue weighted by Crippen LogP contribution is 2.39. The van der Waals surface area contributed by atoms with E-state index in [9.17, 15) is 15.0 Å². The molecule has 2 fully saturated rings. The van der Waals surface area contributed by atoms with Gasteiger partial charge in [-0.15, -0.1) is 0 Å². The summed E-state index contributed by atoms with van der Waals surface area (Å²) in [5, 5.41) is 29.5. The van der Waals surface area contributed by atoms with Crippen LogP contribution in [0.4, 0.5) is 5.69 Å². The number of methoxy groups -OCH3 is 1. The van der Waals surface area contributed by atoms with Crippen LogP contribution in [0.2, 0.25) is 0 Å². The fraction of sp³-hybridized carbons (Fsp3) is 0.429. The lowest BCUT2D eigenvalue weighted by Crippen LogP contribution is -2.61. The zero-order chi connectivity index (χ0) is 20.5. The first-order chi connectivity index (χ1) is 14.0. The number of carbonyl (C=O) groups excluding carboxylic acids is 1. The molecule has 1 aliphatic carbocycles. The fourth-order valence-corrected chi connectivity index (χ4v) is 4.80. The summed E-state index contributed by atoms with van der Waals surface area (Å²) in [6.45, 7) is 0.787. The van der Waals surface area contributed by atoms with Crippen molar-refractivity contribution in [3.05, 3.63) is 42.5 Å². The average Bonchev–Trinajstić information content (AvgIpc) is 3.07. The van der Waals surface area contributed by atoms with Gasteiger partial charge in [-0.2, -0.15) is 0 Å². The Hall–Kier alpha value is -2.26. The van der Waals surface area contributed by atoms with Gasteiger partial charge in [-0.3, -0.25) is 4.79 Å². The lowest BCUT2D eigenvalue weighted by atomic mass is 9.77. The van der Waals surface area contributed by atoms with Crippen molar-refractivity contribution in [1.82, 2.24) is 10.6 Å². The van der Waals surface area contributed by atoms with Crippen molar-refractivity contribution in [2.45, 2.75) is 30.7 Å². The van der Waals surface area contributed by atoms with Crippen molar-refractivity contribution in [2.24, 2.45) is 5.92 Å². The van der Waals surface area contributed by atoms with Gasteiger partial charge < -0.3 is 30.5 Å². The van der Waals surface area contributed by atoms with E-state index < -0.39 is 30.2 Å². The number of nitrogens with zero attached hydrogens (tertiary/aromatic N) is 1. The molecule has 0 spiro atoms. The minimum atomic E-state index is -1.01. The van der Waals surface area contributed by atoms with E-state index >= 15 is 0 Å². The van der Waals surface area contributed by atoms with Gasteiger partial charge in [0, 0.05) is 19.0 Å². The van der Waals surface area contributed by atoms with Gasteiger partial charge in [0.15, 0.2) is 5.11 Å². The Morgan fingerprint density at radius 3 is 2.83 bits per heavy atom. The normalized spacial score (nSPS) is 28.9. The Labute approximate surface area is 174 Å². The van der Waals surface area contributed by atoms with Crippen molar-refractivity contribution >= 4 is 39.7 Å². The molecule has 4 rings (SSSR count). The predicted molar refractivity (Wildman–Crippen MR) is 115 cm³/mol. The number of fused-ring (bicyclic) bond motifs is 2. The van der Waals surface area contributed by atoms with Gasteiger partial charge in [0.25, 0.3) is 0 Å². The first kappa shape index (κ1) is 20.0. The van der Waals surface area contributed by atoms with E-state index in [0.717, 1.165) is 16.5 Å². The molecule has 29 heavy (non-hydrogen) atoms. The summed E-state index contributed by atoms with van der Waals surface area (Å²) in [7, 11) is 1.57. The minimum absolute atomic E-state index is 0.159. The number of hydrogen-bond acceptors (Lipinski definition) is 5. The molecule has 1 saturated heterocycles. The first-order valence-corrected chi connectivity index (χ1v) is 10.1. The molecular formula is C21H25N3O4S. The number of anilines is 1. The number of carbonyl (C=O) groups is 1. The Morgan fingerprint density at radius 2 is 2.03 bits per heavy atom. The Bertz CT molecular complexity index is 918. The number of amides is 1. The Morgan fingerprint density at radius 1 is 1.28 bits per heavy atom. The summed E-state index contributed by atoms with van der Waals surface area (Å²) in [6.07, 6.45) is -1.86. The maximum Gasteiger partial charge on any atom is 0.225 e. The van der Waals surface area contributed by atoms with E-state index in [-0.39, 0.29) is 12.3 Å². The molecule has 4 N–H and O–H groups in total. The van der Waals surface area contributed by atoms with Crippen LogP contribution in [0.3, 0.4) is 0 Å². The fourth-order valence-electron chi connectivity index (χ4n) is 4.45. The summed E-state index contributed by atoms with van der Waals surface area (Å²) in [5.41, 5.74) is 0.881. The smallest absolute Gasteiger partial charge is 0.225 e. The molecule has 154 valence electrons. The predicted octanol–water partition coefficient (Wildman–Crippen LogP) is 0.776. The number of ether oxygens (including phenoxy) is 1. The van der Waals surface area contributed by atoms with Gasteiger partial charge in [0.1, 0.15) is 6.10 Å². The van der Waals surface area contributed by atoms with E-state index in [4.69, 9.17) is 17.0 Å². The van der Waals surface area contributed by atoms with Crippen molar-refractivity contribution < 1.29 is 19.7 Å². The molecule has 2 aliphatic rings. The molecule has 5 atom stereocenters. The summed E-state index contributed by atoms with van der Waals surface area (Å²) in [4.78, 5) is 14.9. The third-order valence-corrected chi connectivity index (χ3v) is 6.13. The highest BCUT2D eigenvalue weighted by Gasteiger charge is 2.54. The van der Waals surface area contributed by atoms with Gasteiger partial charge in [-0.25, -0.2) is 0 Å². The van der Waals surface area contributed by atoms with Crippen LogP contribution in [0, 0.1) is 5.92 Å². The van der Waals surface area contributed by atoms with Crippen LogP contribution in [0.15, 0.2) is 42.5 Å². The van der Waals surface area contributed by atoms with Gasteiger partial charge in [0.05, 0.1) is 36.4 Å². The van der Waals surface area contributed by atoms with Crippen molar-refractivity contribution in [3.63, 3.8) is 0 Å². The van der Waals surface area contributed by atoms with Crippen LogP contribution in [0.25, 0.3) is 10.8 Å². The first-order valence-electron chi connectivity index (χ1n) is 9.73. The van der Waals surface area contributed by atoms with E-state index in [0.29, 0.717) is 18.3 Å². The number of nitrogens with one attached hydrogen (secondary N) is 2. The zero-order valence-electron chi connectivity index (χ0n) is 16.1. The Balaban J connectivity index is 1.74. The van der Waals surface area contributed by atoms with E-state index in [1.807, 2.05) is 47.4 Å². The summed E-state index contributed by atoms with van der Waals surface area (Å²) in [6, 6.07) is 13.0. The zero-order valence-corrected chi connectivity index (χ0v) is 16.9. The number of aliphatic hydroxyl groups is 2. The maximum atomic E-state index is 13.0. The molecule has 2 aromatic rings. The monoisotopic (exact) mass is 415 g/mol. The second-order valence-electron chi connectivity index (χ2n) is 7.52. The lowest BCUT2D eigenvalue weighted by Gasteiger charge is -2.41. The summed E-state index contributed by atoms with van der Waals surface area (Å²) < 4.78 is 5.01. The van der Waals surface area contributed by atoms with Crippen molar-refractivity contribution in [2.75, 3.05) is 25.2 Å². The van der Waals surface area contributed by atoms with E-state index in [1.54, 1.807) is 7.11 Å². The van der Waals surface area contributed by atoms with Crippen LogP contribution >= 0.6 is 12.2 Å². The van der Waals surface area contributed by atoms with Crippen molar-refractivity contribution in [3.8, 4) is 0 Å². The molecule has 0 bridgehead atoms. The number of hydrogen-bond donors (Lipinski definition) is 4. The largest absolute Gasteiger partial charge is 0.390 e. The minimum Gasteiger partial charge on any atom is -0.390 e. The molecule has 1 aliphatic heterocycles. The molecule has 8 heteroatoms. The molecule has 1 amide bonds. The molecular weight excluding hydrogens is 390 g/mol. The van der Waals surface area contributed by atoms with Crippen LogP contribution in [0.5, 0.6) is 0 Å². The van der Waals surface area contributed by atoms with Crippen molar-refractivity contribution in [1.29, 1.82) is 0 Å².